The molecule has 1 N–H and O–H groups in total. The first-order valence-corrected chi connectivity index (χ1v) is 7.97. The summed E-state index contributed by atoms with van der Waals surface area (Å²) in [4.78, 5) is 1.91. The summed E-state index contributed by atoms with van der Waals surface area (Å²) < 4.78 is 57.4. The molecule has 1 fully saturated rings. The maximum Gasteiger partial charge on any atom is 0.416 e. The van der Waals surface area contributed by atoms with Gasteiger partial charge < -0.3 is 9.84 Å². The molecule has 1 heterocycles. The summed E-state index contributed by atoms with van der Waals surface area (Å²) >= 11 is 0. The molecule has 1 saturated heterocycles. The number of piperidine rings is 1. The van der Waals surface area contributed by atoms with Crippen molar-refractivity contribution in [2.24, 2.45) is 5.41 Å². The molecule has 1 aliphatic rings. The largest absolute Gasteiger partial charge is 0.416 e. The van der Waals surface area contributed by atoms with Crippen LogP contribution in [-0.2, 0) is 17.5 Å². The average molecular weight is 349 g/mol. The molecule has 1 aromatic rings. The molecule has 24 heavy (non-hydrogen) atoms. The van der Waals surface area contributed by atoms with Gasteiger partial charge in [-0.25, -0.2) is 4.39 Å². The van der Waals surface area contributed by atoms with E-state index < -0.39 is 17.6 Å². The van der Waals surface area contributed by atoms with Gasteiger partial charge in [-0.3, -0.25) is 4.90 Å². The Balaban J connectivity index is 2.13. The van der Waals surface area contributed by atoms with Crippen molar-refractivity contribution in [3.8, 4) is 0 Å². The van der Waals surface area contributed by atoms with Gasteiger partial charge in [0.2, 0.25) is 0 Å². The van der Waals surface area contributed by atoms with E-state index in [0.717, 1.165) is 31.0 Å². The Labute approximate surface area is 139 Å². The van der Waals surface area contributed by atoms with Crippen molar-refractivity contribution in [3.63, 3.8) is 0 Å². The highest BCUT2D eigenvalue weighted by molar-refractivity contribution is 5.27. The van der Waals surface area contributed by atoms with Gasteiger partial charge in [-0.15, -0.1) is 0 Å². The molecular formula is C17H23F4NO2. The standard InChI is InChI=1S/C17H23F4NO2/c1-24-8-6-16(12-23)5-2-7-22(11-16)10-13-9-14(17(19,20)21)3-4-15(13)18/h3-4,9,23H,2,5-8,10-12H2,1H3/t16-/m1/s1. The van der Waals surface area contributed by atoms with Crippen LogP contribution in [0.15, 0.2) is 18.2 Å². The molecule has 0 bridgehead atoms. The van der Waals surface area contributed by atoms with E-state index in [1.807, 2.05) is 4.90 Å². The van der Waals surface area contributed by atoms with Gasteiger partial charge in [0.1, 0.15) is 5.82 Å². The monoisotopic (exact) mass is 349 g/mol. The number of hydrogen-bond acceptors (Lipinski definition) is 3. The number of ether oxygens (including phenoxy) is 1. The molecular weight excluding hydrogens is 326 g/mol. The Morgan fingerprint density at radius 3 is 2.71 bits per heavy atom. The van der Waals surface area contributed by atoms with Crippen LogP contribution in [0.25, 0.3) is 0 Å². The molecule has 0 unspecified atom stereocenters. The molecule has 7 heteroatoms. The Kier molecular flexibility index (Phi) is 6.22. The second-order valence-corrected chi connectivity index (χ2v) is 6.52. The van der Waals surface area contributed by atoms with E-state index in [2.05, 4.69) is 0 Å². The number of likely N-dealkylation sites (tertiary alicyclic amines) is 1. The first kappa shape index (κ1) is 19.1. The lowest BCUT2D eigenvalue weighted by atomic mass is 9.78. The predicted molar refractivity (Wildman–Crippen MR) is 81.9 cm³/mol. The maximum atomic E-state index is 13.9. The topological polar surface area (TPSA) is 32.7 Å². The number of benzene rings is 1. The molecule has 1 aromatic carbocycles. The fourth-order valence-electron chi connectivity index (χ4n) is 3.29. The third kappa shape index (κ3) is 4.68. The highest BCUT2D eigenvalue weighted by Crippen LogP contribution is 2.35. The molecule has 0 amide bonds. The number of nitrogens with zero attached hydrogens (tertiary/aromatic N) is 1. The molecule has 3 nitrogen and oxygen atoms in total. The second kappa shape index (κ2) is 7.80. The van der Waals surface area contributed by atoms with Gasteiger partial charge in [-0.2, -0.15) is 13.2 Å². The van der Waals surface area contributed by atoms with Crippen molar-refractivity contribution < 1.29 is 27.4 Å². The number of methoxy groups -OCH3 is 1. The molecule has 0 radical (unpaired) electrons. The van der Waals surface area contributed by atoms with Crippen molar-refractivity contribution in [3.05, 3.63) is 35.1 Å². The van der Waals surface area contributed by atoms with Gasteiger partial charge in [0, 0.05) is 37.8 Å². The van der Waals surface area contributed by atoms with E-state index in [9.17, 15) is 22.7 Å². The van der Waals surface area contributed by atoms with Gasteiger partial charge in [0.15, 0.2) is 0 Å². The lowest BCUT2D eigenvalue weighted by Crippen LogP contribution is -2.45. The Bertz CT molecular complexity index is 550. The summed E-state index contributed by atoms with van der Waals surface area (Å²) in [6, 6.07) is 2.50. The third-order valence-electron chi connectivity index (χ3n) is 4.68. The number of aliphatic hydroxyl groups excluding tert-OH is 1. The van der Waals surface area contributed by atoms with Crippen LogP contribution in [-0.4, -0.2) is 43.4 Å². The van der Waals surface area contributed by atoms with E-state index in [0.29, 0.717) is 26.1 Å². The van der Waals surface area contributed by atoms with Crippen molar-refractivity contribution in [1.29, 1.82) is 0 Å². The minimum atomic E-state index is -4.49. The van der Waals surface area contributed by atoms with Crippen molar-refractivity contribution in [2.75, 3.05) is 33.4 Å². The Morgan fingerprint density at radius 1 is 1.33 bits per heavy atom. The average Bonchev–Trinajstić information content (AvgIpc) is 2.54. The van der Waals surface area contributed by atoms with Gasteiger partial charge in [0.05, 0.1) is 12.2 Å². The lowest BCUT2D eigenvalue weighted by molar-refractivity contribution is -0.137. The summed E-state index contributed by atoms with van der Waals surface area (Å²) in [6.07, 6.45) is -2.18. The van der Waals surface area contributed by atoms with Crippen LogP contribution in [0, 0.1) is 11.2 Å². The number of alkyl halides is 3. The van der Waals surface area contributed by atoms with E-state index in [1.165, 1.54) is 0 Å². The van der Waals surface area contributed by atoms with E-state index >= 15 is 0 Å². The molecule has 0 saturated carbocycles. The summed E-state index contributed by atoms with van der Waals surface area (Å²) in [5, 5.41) is 9.75. The number of aliphatic hydroxyl groups is 1. The van der Waals surface area contributed by atoms with Crippen LogP contribution < -0.4 is 0 Å². The van der Waals surface area contributed by atoms with Gasteiger partial charge in [0.25, 0.3) is 0 Å². The molecule has 2 rings (SSSR count). The molecule has 1 aliphatic heterocycles. The van der Waals surface area contributed by atoms with E-state index in [-0.39, 0.29) is 24.1 Å². The molecule has 136 valence electrons. The van der Waals surface area contributed by atoms with Crippen LogP contribution in [0.4, 0.5) is 17.6 Å². The minimum Gasteiger partial charge on any atom is -0.396 e. The highest BCUT2D eigenvalue weighted by atomic mass is 19.4. The van der Waals surface area contributed by atoms with Crippen LogP contribution >= 0.6 is 0 Å². The second-order valence-electron chi connectivity index (χ2n) is 6.52. The summed E-state index contributed by atoms with van der Waals surface area (Å²) in [6.45, 7) is 1.78. The number of halogens is 4. The smallest absolute Gasteiger partial charge is 0.396 e. The predicted octanol–water partition coefficient (Wildman–Crippen LogP) is 3.46. The first-order valence-electron chi connectivity index (χ1n) is 7.97. The zero-order valence-electron chi connectivity index (χ0n) is 13.7. The van der Waals surface area contributed by atoms with E-state index in [1.54, 1.807) is 7.11 Å². The molecule has 0 aliphatic carbocycles. The van der Waals surface area contributed by atoms with Crippen LogP contribution in [0.5, 0.6) is 0 Å². The quantitative estimate of drug-likeness (QED) is 0.799. The SMILES string of the molecule is COCC[C@]1(CO)CCCN(Cc2cc(C(F)(F)F)ccc2F)C1. The fourth-order valence-corrected chi connectivity index (χ4v) is 3.29. The van der Waals surface area contributed by atoms with Gasteiger partial charge >= 0.3 is 6.18 Å². The van der Waals surface area contributed by atoms with Crippen molar-refractivity contribution in [1.82, 2.24) is 4.90 Å². The Hall–Kier alpha value is -1.18. The van der Waals surface area contributed by atoms with Crippen LogP contribution in [0.1, 0.15) is 30.4 Å². The van der Waals surface area contributed by atoms with Crippen molar-refractivity contribution in [2.45, 2.75) is 32.0 Å². The first-order chi connectivity index (χ1) is 11.3. The summed E-state index contributed by atoms with van der Waals surface area (Å²) in [7, 11) is 1.59. The lowest BCUT2D eigenvalue weighted by Gasteiger charge is -2.42. The number of rotatable bonds is 6. The summed E-state index contributed by atoms with van der Waals surface area (Å²) in [5.41, 5.74) is -1.15. The highest BCUT2D eigenvalue weighted by Gasteiger charge is 2.35. The van der Waals surface area contributed by atoms with Gasteiger partial charge in [-0.05, 0) is 44.0 Å². The van der Waals surface area contributed by atoms with Gasteiger partial charge in [-0.1, -0.05) is 0 Å². The maximum absolute atomic E-state index is 13.9. The normalized spacial score (nSPS) is 22.8. The van der Waals surface area contributed by atoms with Crippen LogP contribution in [0.2, 0.25) is 0 Å². The molecule has 0 aromatic heterocycles. The molecule has 0 spiro atoms. The van der Waals surface area contributed by atoms with E-state index in [4.69, 9.17) is 4.74 Å². The Morgan fingerprint density at radius 2 is 2.08 bits per heavy atom. The molecule has 1 atom stereocenters. The fraction of sp³-hybridized carbons (Fsp3) is 0.647. The minimum absolute atomic E-state index is 0.0159. The van der Waals surface area contributed by atoms with Crippen molar-refractivity contribution >= 4 is 0 Å². The summed E-state index contributed by atoms with van der Waals surface area (Å²) in [5.74, 6) is -0.639. The number of hydrogen-bond donors (Lipinski definition) is 1. The third-order valence-corrected chi connectivity index (χ3v) is 4.68. The van der Waals surface area contributed by atoms with Crippen LogP contribution in [0.3, 0.4) is 0 Å². The zero-order chi connectivity index (χ0) is 17.8. The zero-order valence-corrected chi connectivity index (χ0v) is 13.7.